The Balaban J connectivity index is 2.56. The van der Waals surface area contributed by atoms with Gasteiger partial charge in [0.25, 0.3) is 5.91 Å². The molecule has 0 aliphatic rings. The zero-order valence-electron chi connectivity index (χ0n) is 11.6. The van der Waals surface area contributed by atoms with Gasteiger partial charge in [0.2, 0.25) is 0 Å². The van der Waals surface area contributed by atoms with Gasteiger partial charge in [-0.05, 0) is 25.5 Å². The number of ether oxygens (including phenoxy) is 2. The largest absolute Gasteiger partial charge is 0.483 e. The van der Waals surface area contributed by atoms with Crippen LogP contribution in [0.3, 0.4) is 0 Å². The molecule has 1 amide bonds. The second kappa shape index (κ2) is 7.76. The molecule has 5 nitrogen and oxygen atoms in total. The fourth-order valence-electron chi connectivity index (χ4n) is 1.60. The molecule has 106 valence electrons. The topological polar surface area (TPSA) is 67.8 Å². The van der Waals surface area contributed by atoms with Gasteiger partial charge in [-0.3, -0.25) is 4.79 Å². The normalized spacial score (nSPS) is 12.0. The summed E-state index contributed by atoms with van der Waals surface area (Å²) in [6.45, 7) is 4.44. The molecule has 0 spiro atoms. The van der Waals surface area contributed by atoms with Crippen molar-refractivity contribution in [1.82, 2.24) is 5.32 Å². The molecule has 0 aliphatic carbocycles. The molecule has 0 heterocycles. The van der Waals surface area contributed by atoms with E-state index < -0.39 is 6.10 Å². The summed E-state index contributed by atoms with van der Waals surface area (Å²) in [6, 6.07) is 5.51. The zero-order chi connectivity index (χ0) is 14.3. The molecule has 0 bridgehead atoms. The smallest absolute Gasteiger partial charge is 0.258 e. The quantitative estimate of drug-likeness (QED) is 0.728. The molecule has 0 saturated heterocycles. The van der Waals surface area contributed by atoms with Gasteiger partial charge in [-0.2, -0.15) is 0 Å². The van der Waals surface area contributed by atoms with Crippen LogP contribution in [0.15, 0.2) is 18.2 Å². The van der Waals surface area contributed by atoms with Crippen molar-refractivity contribution in [3.8, 4) is 5.75 Å². The molecule has 1 atom stereocenters. The summed E-state index contributed by atoms with van der Waals surface area (Å²) in [4.78, 5) is 11.5. The number of hydrogen-bond acceptors (Lipinski definition) is 4. The maximum absolute atomic E-state index is 11.5. The van der Waals surface area contributed by atoms with Crippen molar-refractivity contribution in [2.75, 3.05) is 26.9 Å². The van der Waals surface area contributed by atoms with Crippen LogP contribution in [-0.2, 0) is 9.53 Å². The number of hydrogen-bond donors (Lipinski definition) is 2. The molecular formula is C14H21NO4. The number of nitrogens with one attached hydrogen (secondary N) is 1. The molecule has 0 aliphatic heterocycles. The maximum Gasteiger partial charge on any atom is 0.258 e. The van der Waals surface area contributed by atoms with Gasteiger partial charge < -0.3 is 19.9 Å². The highest BCUT2D eigenvalue weighted by Gasteiger charge is 2.11. The van der Waals surface area contributed by atoms with Gasteiger partial charge in [0.15, 0.2) is 6.61 Å². The van der Waals surface area contributed by atoms with Crippen LogP contribution in [-0.4, -0.2) is 37.9 Å². The minimum atomic E-state index is -0.632. The van der Waals surface area contributed by atoms with E-state index in [0.29, 0.717) is 24.5 Å². The van der Waals surface area contributed by atoms with E-state index in [1.54, 1.807) is 20.1 Å². The highest BCUT2D eigenvalue weighted by atomic mass is 16.5. The fourth-order valence-corrected chi connectivity index (χ4v) is 1.60. The molecule has 0 radical (unpaired) electrons. The standard InChI is InChI=1S/C14H21NO4/c1-10-4-5-12(11(2)16)13(8-10)19-9-14(17)15-6-7-18-3/h4-5,8,11,16H,6-7,9H2,1-3H3,(H,15,17)/t11-/m1/s1. The second-order valence-corrected chi connectivity index (χ2v) is 4.35. The number of aliphatic hydroxyl groups excluding tert-OH is 1. The second-order valence-electron chi connectivity index (χ2n) is 4.35. The Labute approximate surface area is 113 Å². The van der Waals surface area contributed by atoms with Gasteiger partial charge in [0, 0.05) is 19.2 Å². The number of amides is 1. The van der Waals surface area contributed by atoms with Crippen molar-refractivity contribution in [3.05, 3.63) is 29.3 Å². The van der Waals surface area contributed by atoms with Crippen LogP contribution in [0, 0.1) is 6.92 Å². The van der Waals surface area contributed by atoms with Gasteiger partial charge in [0.1, 0.15) is 5.75 Å². The molecular weight excluding hydrogens is 246 g/mol. The van der Waals surface area contributed by atoms with E-state index in [1.165, 1.54) is 0 Å². The molecule has 1 aromatic rings. The van der Waals surface area contributed by atoms with Crippen molar-refractivity contribution >= 4 is 5.91 Å². The molecule has 0 saturated carbocycles. The van der Waals surface area contributed by atoms with Crippen LogP contribution < -0.4 is 10.1 Å². The first-order valence-electron chi connectivity index (χ1n) is 6.21. The summed E-state index contributed by atoms with van der Waals surface area (Å²) in [7, 11) is 1.57. The lowest BCUT2D eigenvalue weighted by Crippen LogP contribution is -2.31. The molecule has 1 aromatic carbocycles. The number of carbonyl (C=O) groups is 1. The van der Waals surface area contributed by atoms with E-state index in [0.717, 1.165) is 5.56 Å². The van der Waals surface area contributed by atoms with Gasteiger partial charge in [-0.25, -0.2) is 0 Å². The fraction of sp³-hybridized carbons (Fsp3) is 0.500. The lowest BCUT2D eigenvalue weighted by molar-refractivity contribution is -0.123. The van der Waals surface area contributed by atoms with Crippen molar-refractivity contribution in [1.29, 1.82) is 0 Å². The predicted molar refractivity (Wildman–Crippen MR) is 72.2 cm³/mol. The third kappa shape index (κ3) is 5.28. The zero-order valence-corrected chi connectivity index (χ0v) is 11.6. The maximum atomic E-state index is 11.5. The van der Waals surface area contributed by atoms with E-state index in [2.05, 4.69) is 5.32 Å². The number of rotatable bonds is 7. The van der Waals surface area contributed by atoms with Crippen molar-refractivity contribution < 1.29 is 19.4 Å². The minimum absolute atomic E-state index is 0.0765. The van der Waals surface area contributed by atoms with Gasteiger partial charge in [0.05, 0.1) is 12.7 Å². The first-order valence-corrected chi connectivity index (χ1v) is 6.21. The van der Waals surface area contributed by atoms with Crippen molar-refractivity contribution in [2.45, 2.75) is 20.0 Å². The van der Waals surface area contributed by atoms with Crippen LogP contribution in [0.4, 0.5) is 0 Å². The monoisotopic (exact) mass is 267 g/mol. The Morgan fingerprint density at radius 2 is 2.21 bits per heavy atom. The molecule has 19 heavy (non-hydrogen) atoms. The van der Waals surface area contributed by atoms with Gasteiger partial charge >= 0.3 is 0 Å². The highest BCUT2D eigenvalue weighted by molar-refractivity contribution is 5.77. The van der Waals surface area contributed by atoms with Gasteiger partial charge in [-0.1, -0.05) is 12.1 Å². The third-order valence-corrected chi connectivity index (χ3v) is 2.61. The summed E-state index contributed by atoms with van der Waals surface area (Å²) in [5, 5.41) is 12.3. The molecule has 0 fully saturated rings. The first kappa shape index (κ1) is 15.5. The lowest BCUT2D eigenvalue weighted by Gasteiger charge is -2.14. The van der Waals surface area contributed by atoms with E-state index in [9.17, 15) is 9.90 Å². The molecule has 0 unspecified atom stereocenters. The van der Waals surface area contributed by atoms with Crippen molar-refractivity contribution in [3.63, 3.8) is 0 Å². The Kier molecular flexibility index (Phi) is 6.32. The number of carbonyl (C=O) groups excluding carboxylic acids is 1. The Morgan fingerprint density at radius 3 is 2.84 bits per heavy atom. The van der Waals surface area contributed by atoms with E-state index in [-0.39, 0.29) is 12.5 Å². The number of aryl methyl sites for hydroxylation is 1. The Hall–Kier alpha value is -1.59. The molecule has 2 N–H and O–H groups in total. The van der Waals surface area contributed by atoms with Crippen LogP contribution in [0.1, 0.15) is 24.2 Å². The summed E-state index contributed by atoms with van der Waals surface area (Å²) < 4.78 is 10.3. The third-order valence-electron chi connectivity index (χ3n) is 2.61. The number of aliphatic hydroxyl groups is 1. The first-order chi connectivity index (χ1) is 9.04. The Morgan fingerprint density at radius 1 is 1.47 bits per heavy atom. The SMILES string of the molecule is COCCNC(=O)COc1cc(C)ccc1[C@@H](C)O. The Bertz CT molecular complexity index is 418. The van der Waals surface area contributed by atoms with Crippen LogP contribution in [0.25, 0.3) is 0 Å². The summed E-state index contributed by atoms with van der Waals surface area (Å²) in [5.74, 6) is 0.326. The number of benzene rings is 1. The summed E-state index contributed by atoms with van der Waals surface area (Å²) in [5.41, 5.74) is 1.69. The predicted octanol–water partition coefficient (Wildman–Crippen LogP) is 1.19. The average Bonchev–Trinajstić information content (AvgIpc) is 2.36. The van der Waals surface area contributed by atoms with Gasteiger partial charge in [-0.15, -0.1) is 0 Å². The van der Waals surface area contributed by atoms with E-state index in [1.807, 2.05) is 19.1 Å². The highest BCUT2D eigenvalue weighted by Crippen LogP contribution is 2.26. The van der Waals surface area contributed by atoms with E-state index >= 15 is 0 Å². The minimum Gasteiger partial charge on any atom is -0.483 e. The number of methoxy groups -OCH3 is 1. The molecule has 0 aromatic heterocycles. The molecule has 5 heteroatoms. The summed E-state index contributed by atoms with van der Waals surface area (Å²) >= 11 is 0. The lowest BCUT2D eigenvalue weighted by atomic mass is 10.1. The van der Waals surface area contributed by atoms with Crippen LogP contribution in [0.2, 0.25) is 0 Å². The van der Waals surface area contributed by atoms with Crippen LogP contribution >= 0.6 is 0 Å². The van der Waals surface area contributed by atoms with Crippen LogP contribution in [0.5, 0.6) is 5.75 Å². The summed E-state index contributed by atoms with van der Waals surface area (Å²) in [6.07, 6.45) is -0.632. The van der Waals surface area contributed by atoms with E-state index in [4.69, 9.17) is 9.47 Å². The van der Waals surface area contributed by atoms with Crippen molar-refractivity contribution in [2.24, 2.45) is 0 Å². The average molecular weight is 267 g/mol. The molecule has 1 rings (SSSR count).